The maximum absolute atomic E-state index is 12.3. The Bertz CT molecular complexity index is 1030. The second kappa shape index (κ2) is 9.55. The largest absolute Gasteiger partial charge is 0.497 e. The van der Waals surface area contributed by atoms with E-state index in [9.17, 15) is 19.5 Å². The zero-order chi connectivity index (χ0) is 21.7. The third kappa shape index (κ3) is 5.05. The molecular formula is C21H18N2O5S2. The van der Waals surface area contributed by atoms with Gasteiger partial charge in [0, 0.05) is 13.0 Å². The number of nitrogens with zero attached hydrogens (tertiary/aromatic N) is 1. The molecule has 1 fully saturated rings. The van der Waals surface area contributed by atoms with Gasteiger partial charge in [-0.25, -0.2) is 4.79 Å². The molecule has 2 aromatic rings. The molecule has 0 saturated carbocycles. The van der Waals surface area contributed by atoms with E-state index in [2.05, 4.69) is 5.32 Å². The molecule has 0 atom stereocenters. The number of carbonyl (C=O) groups excluding carboxylic acids is 2. The van der Waals surface area contributed by atoms with Crippen molar-refractivity contribution in [3.05, 3.63) is 64.6 Å². The Kier molecular flexibility index (Phi) is 6.86. The Hall–Kier alpha value is -3.17. The number of para-hydroxylation sites is 1. The predicted molar refractivity (Wildman–Crippen MR) is 120 cm³/mol. The summed E-state index contributed by atoms with van der Waals surface area (Å²) in [5.41, 5.74) is 1.08. The number of thioether (sulfide) groups is 1. The highest BCUT2D eigenvalue weighted by atomic mass is 32.2. The number of carbonyl (C=O) groups is 3. The first-order chi connectivity index (χ1) is 14.4. The van der Waals surface area contributed by atoms with Crippen LogP contribution >= 0.6 is 24.0 Å². The van der Waals surface area contributed by atoms with E-state index in [-0.39, 0.29) is 29.5 Å². The van der Waals surface area contributed by atoms with Gasteiger partial charge in [-0.3, -0.25) is 14.5 Å². The highest BCUT2D eigenvalue weighted by Crippen LogP contribution is 2.33. The van der Waals surface area contributed by atoms with Crippen LogP contribution in [0.15, 0.2) is 53.4 Å². The van der Waals surface area contributed by atoms with Gasteiger partial charge in [0.25, 0.3) is 5.24 Å². The maximum Gasteiger partial charge on any atom is 0.337 e. The van der Waals surface area contributed by atoms with Crippen LogP contribution in [-0.4, -0.2) is 45.8 Å². The van der Waals surface area contributed by atoms with Crippen molar-refractivity contribution in [1.82, 2.24) is 4.90 Å². The molecule has 0 aromatic heterocycles. The van der Waals surface area contributed by atoms with Crippen molar-refractivity contribution in [1.29, 1.82) is 0 Å². The van der Waals surface area contributed by atoms with E-state index in [0.717, 1.165) is 23.1 Å². The van der Waals surface area contributed by atoms with E-state index in [1.807, 2.05) is 30.3 Å². The van der Waals surface area contributed by atoms with Crippen LogP contribution in [0.2, 0.25) is 0 Å². The zero-order valence-corrected chi connectivity index (χ0v) is 17.6. The van der Waals surface area contributed by atoms with Gasteiger partial charge in [0.15, 0.2) is 0 Å². The molecule has 2 amide bonds. The lowest BCUT2D eigenvalue weighted by molar-refractivity contribution is -0.116. The topological polar surface area (TPSA) is 95.9 Å². The van der Waals surface area contributed by atoms with E-state index in [4.69, 9.17) is 17.0 Å². The summed E-state index contributed by atoms with van der Waals surface area (Å²) >= 11 is 6.42. The number of hydrogen-bond donors (Lipinski definition) is 2. The molecule has 1 aliphatic heterocycles. The maximum atomic E-state index is 12.3. The molecule has 0 aliphatic carbocycles. The van der Waals surface area contributed by atoms with Crippen LogP contribution in [0.25, 0.3) is 6.08 Å². The summed E-state index contributed by atoms with van der Waals surface area (Å²) in [6, 6.07) is 13.5. The smallest absolute Gasteiger partial charge is 0.337 e. The van der Waals surface area contributed by atoms with Crippen molar-refractivity contribution in [2.75, 3.05) is 19.0 Å². The third-order valence-corrected chi connectivity index (χ3v) is 5.78. The highest BCUT2D eigenvalue weighted by Gasteiger charge is 2.31. The van der Waals surface area contributed by atoms with Gasteiger partial charge < -0.3 is 15.2 Å². The lowest BCUT2D eigenvalue weighted by Gasteiger charge is -2.15. The number of amides is 2. The molecule has 154 valence electrons. The van der Waals surface area contributed by atoms with Gasteiger partial charge >= 0.3 is 5.97 Å². The minimum absolute atomic E-state index is 0.00103. The quantitative estimate of drug-likeness (QED) is 0.489. The molecule has 7 nitrogen and oxygen atoms in total. The van der Waals surface area contributed by atoms with Gasteiger partial charge in [-0.05, 0) is 47.7 Å². The Labute approximate surface area is 182 Å². The molecule has 30 heavy (non-hydrogen) atoms. The average molecular weight is 443 g/mol. The summed E-state index contributed by atoms with van der Waals surface area (Å²) in [4.78, 5) is 38.2. The molecule has 1 saturated heterocycles. The number of thiocarbonyl (C=S) groups is 1. The second-order valence-electron chi connectivity index (χ2n) is 6.26. The Morgan fingerprint density at radius 3 is 2.57 bits per heavy atom. The molecule has 1 heterocycles. The third-order valence-electron chi connectivity index (χ3n) is 4.28. The van der Waals surface area contributed by atoms with Gasteiger partial charge in [-0.2, -0.15) is 0 Å². The minimum atomic E-state index is -1.13. The van der Waals surface area contributed by atoms with Crippen molar-refractivity contribution < 1.29 is 24.2 Å². The number of nitrogens with one attached hydrogen (secondary N) is 1. The van der Waals surface area contributed by atoms with Crippen molar-refractivity contribution in [3.63, 3.8) is 0 Å². The van der Waals surface area contributed by atoms with E-state index in [1.165, 1.54) is 17.0 Å². The molecule has 3 rings (SSSR count). The van der Waals surface area contributed by atoms with Gasteiger partial charge in [-0.1, -0.05) is 36.5 Å². The number of aromatic carboxylic acids is 1. The van der Waals surface area contributed by atoms with Gasteiger partial charge in [-0.15, -0.1) is 0 Å². The van der Waals surface area contributed by atoms with E-state index >= 15 is 0 Å². The molecule has 0 bridgehead atoms. The summed E-state index contributed by atoms with van der Waals surface area (Å²) < 4.78 is 5.13. The van der Waals surface area contributed by atoms with Gasteiger partial charge in [0.2, 0.25) is 5.91 Å². The van der Waals surface area contributed by atoms with Crippen LogP contribution in [0.1, 0.15) is 22.3 Å². The first kappa shape index (κ1) is 21.5. The minimum Gasteiger partial charge on any atom is -0.497 e. The van der Waals surface area contributed by atoms with Crippen LogP contribution in [0.3, 0.4) is 0 Å². The van der Waals surface area contributed by atoms with Crippen LogP contribution in [0, 0.1) is 0 Å². The normalized spacial score (nSPS) is 14.8. The molecule has 1 aliphatic rings. The highest BCUT2D eigenvalue weighted by molar-refractivity contribution is 8.19. The second-order valence-corrected chi connectivity index (χ2v) is 7.64. The van der Waals surface area contributed by atoms with Crippen LogP contribution in [-0.2, 0) is 4.79 Å². The first-order valence-electron chi connectivity index (χ1n) is 8.90. The first-order valence-corrected chi connectivity index (χ1v) is 10.1. The Morgan fingerprint density at radius 2 is 1.90 bits per heavy atom. The molecule has 0 radical (unpaired) electrons. The number of rotatable bonds is 7. The summed E-state index contributed by atoms with van der Waals surface area (Å²) in [5.74, 6) is -0.810. The summed E-state index contributed by atoms with van der Waals surface area (Å²) in [6.07, 6.45) is 1.80. The number of anilines is 1. The summed E-state index contributed by atoms with van der Waals surface area (Å²) in [6.45, 7) is 0.103. The fourth-order valence-electron chi connectivity index (χ4n) is 2.75. The fourth-order valence-corrected chi connectivity index (χ4v) is 4.04. The van der Waals surface area contributed by atoms with Gasteiger partial charge in [0.05, 0.1) is 23.3 Å². The monoisotopic (exact) mass is 442 g/mol. The van der Waals surface area contributed by atoms with Gasteiger partial charge in [0.1, 0.15) is 10.7 Å². The van der Waals surface area contributed by atoms with Crippen LogP contribution < -0.4 is 10.1 Å². The van der Waals surface area contributed by atoms with Crippen LogP contribution in [0.4, 0.5) is 10.5 Å². The molecule has 0 spiro atoms. The summed E-state index contributed by atoms with van der Waals surface area (Å²) in [5, 5.41) is 11.5. The zero-order valence-electron chi connectivity index (χ0n) is 16.0. The van der Waals surface area contributed by atoms with E-state index in [1.54, 1.807) is 19.2 Å². The summed E-state index contributed by atoms with van der Waals surface area (Å²) in [7, 11) is 1.59. The lowest BCUT2D eigenvalue weighted by atomic mass is 10.1. The predicted octanol–water partition coefficient (Wildman–Crippen LogP) is 4.26. The standard InChI is InChI=1S/C21H18N2O5S2/c1-28-14-8-6-13(7-9-14)12-17-19(29)23(21(27)30-17)11-10-18(24)22-16-5-3-2-4-15(16)20(25)26/h2-9,12H,10-11H2,1H3,(H,22,24)(H,25,26). The molecule has 0 unspecified atom stereocenters. The number of carboxylic acid groups (broad SMARTS) is 1. The lowest BCUT2D eigenvalue weighted by Crippen LogP contribution is -2.30. The fraction of sp³-hybridized carbons (Fsp3) is 0.143. The van der Waals surface area contributed by atoms with Crippen molar-refractivity contribution in [2.45, 2.75) is 6.42 Å². The molecule has 9 heteroatoms. The number of benzene rings is 2. The van der Waals surface area contributed by atoms with Crippen LogP contribution in [0.5, 0.6) is 5.75 Å². The Morgan fingerprint density at radius 1 is 1.20 bits per heavy atom. The number of hydrogen-bond acceptors (Lipinski definition) is 6. The number of ether oxygens (including phenoxy) is 1. The number of methoxy groups -OCH3 is 1. The molecule has 2 N–H and O–H groups in total. The molecular weight excluding hydrogens is 424 g/mol. The van der Waals surface area contributed by atoms with E-state index < -0.39 is 11.9 Å². The average Bonchev–Trinajstić information content (AvgIpc) is 2.99. The van der Waals surface area contributed by atoms with Crippen molar-refractivity contribution >= 4 is 57.8 Å². The Balaban J connectivity index is 1.62. The molecule has 2 aromatic carbocycles. The SMILES string of the molecule is COc1ccc(C=C2SC(=O)N(CCC(=O)Nc3ccccc3C(=O)O)C2=S)cc1. The van der Waals surface area contributed by atoms with Crippen molar-refractivity contribution in [3.8, 4) is 5.75 Å². The van der Waals surface area contributed by atoms with Crippen molar-refractivity contribution in [2.24, 2.45) is 0 Å². The van der Waals surface area contributed by atoms with E-state index in [0.29, 0.717) is 9.89 Å². The number of carboxylic acids is 1.